The molecule has 21 heavy (non-hydrogen) atoms. The summed E-state index contributed by atoms with van der Waals surface area (Å²) in [5, 5.41) is 21.9. The smallest absolute Gasteiger partial charge is 0.329 e. The Morgan fingerprint density at radius 3 is 2.33 bits per heavy atom. The average Bonchev–Trinajstić information content (AvgIpc) is 2.81. The van der Waals surface area contributed by atoms with Gasteiger partial charge in [0.15, 0.2) is 0 Å². The third-order valence-corrected chi connectivity index (χ3v) is 4.91. The summed E-state index contributed by atoms with van der Waals surface area (Å²) in [4.78, 5) is 25.7. The first-order valence-electron chi connectivity index (χ1n) is 7.93. The van der Waals surface area contributed by atoms with Crippen LogP contribution in [0.5, 0.6) is 0 Å². The lowest BCUT2D eigenvalue weighted by Crippen LogP contribution is -2.57. The van der Waals surface area contributed by atoms with E-state index in [0.29, 0.717) is 25.9 Å². The lowest BCUT2D eigenvalue weighted by Gasteiger charge is -2.31. The van der Waals surface area contributed by atoms with Crippen molar-refractivity contribution in [3.63, 3.8) is 0 Å². The highest BCUT2D eigenvalue weighted by Gasteiger charge is 2.42. The van der Waals surface area contributed by atoms with E-state index in [1.807, 2.05) is 0 Å². The van der Waals surface area contributed by atoms with Crippen molar-refractivity contribution in [1.29, 1.82) is 0 Å². The molecular formula is C15H26N2O4. The van der Waals surface area contributed by atoms with E-state index in [4.69, 9.17) is 0 Å². The Bertz CT molecular complexity index is 389. The van der Waals surface area contributed by atoms with Crippen molar-refractivity contribution < 1.29 is 19.8 Å². The molecule has 1 heterocycles. The van der Waals surface area contributed by atoms with Crippen molar-refractivity contribution in [1.82, 2.24) is 10.2 Å². The van der Waals surface area contributed by atoms with Gasteiger partial charge in [0.05, 0.1) is 6.10 Å². The maximum atomic E-state index is 12.4. The minimum Gasteiger partial charge on any atom is -0.480 e. The molecule has 0 aromatic rings. The van der Waals surface area contributed by atoms with Gasteiger partial charge in [-0.15, -0.1) is 0 Å². The number of aliphatic hydroxyl groups excluding tert-OH is 1. The summed E-state index contributed by atoms with van der Waals surface area (Å²) in [6.07, 6.45) is 5.06. The van der Waals surface area contributed by atoms with Crippen LogP contribution in [-0.2, 0) is 4.79 Å². The second-order valence-corrected chi connectivity index (χ2v) is 6.47. The first-order chi connectivity index (χ1) is 9.94. The zero-order valence-corrected chi connectivity index (χ0v) is 12.7. The Balaban J connectivity index is 2.00. The van der Waals surface area contributed by atoms with E-state index < -0.39 is 17.6 Å². The molecule has 1 aliphatic carbocycles. The molecule has 0 bridgehead atoms. The van der Waals surface area contributed by atoms with E-state index in [-0.39, 0.29) is 11.9 Å². The van der Waals surface area contributed by atoms with Crippen LogP contribution in [0.1, 0.15) is 51.9 Å². The number of amides is 2. The Kier molecular flexibility index (Phi) is 5.08. The number of carbonyl (C=O) groups is 2. The van der Waals surface area contributed by atoms with E-state index >= 15 is 0 Å². The highest BCUT2D eigenvalue weighted by molar-refractivity contribution is 5.86. The summed E-state index contributed by atoms with van der Waals surface area (Å²) in [6, 6.07) is -0.303. The van der Waals surface area contributed by atoms with Gasteiger partial charge < -0.3 is 20.4 Å². The number of carbonyl (C=O) groups excluding carboxylic acids is 1. The van der Waals surface area contributed by atoms with Crippen LogP contribution in [0.2, 0.25) is 0 Å². The van der Waals surface area contributed by atoms with Crippen molar-refractivity contribution in [2.45, 2.75) is 63.5 Å². The van der Waals surface area contributed by atoms with Crippen LogP contribution in [0, 0.1) is 5.92 Å². The molecule has 2 amide bonds. The highest BCUT2D eigenvalue weighted by Crippen LogP contribution is 2.28. The van der Waals surface area contributed by atoms with Gasteiger partial charge in [0.1, 0.15) is 5.54 Å². The number of nitrogens with one attached hydrogen (secondary N) is 1. The molecule has 0 aromatic carbocycles. The zero-order valence-electron chi connectivity index (χ0n) is 12.7. The minimum absolute atomic E-state index is 0.0886. The fraction of sp³-hybridized carbons (Fsp3) is 0.867. The third kappa shape index (κ3) is 3.67. The van der Waals surface area contributed by atoms with Gasteiger partial charge in [0.25, 0.3) is 0 Å². The number of nitrogens with zero attached hydrogens (tertiary/aromatic N) is 1. The number of likely N-dealkylation sites (tertiary alicyclic amines) is 1. The predicted octanol–water partition coefficient (Wildman–Crippen LogP) is 1.58. The molecule has 0 spiro atoms. The largest absolute Gasteiger partial charge is 0.480 e. The maximum Gasteiger partial charge on any atom is 0.329 e. The van der Waals surface area contributed by atoms with Crippen molar-refractivity contribution in [3.05, 3.63) is 0 Å². The van der Waals surface area contributed by atoms with Gasteiger partial charge >= 0.3 is 12.0 Å². The maximum absolute atomic E-state index is 12.4. The van der Waals surface area contributed by atoms with Crippen molar-refractivity contribution in [3.8, 4) is 0 Å². The molecule has 2 unspecified atom stereocenters. The highest BCUT2D eigenvalue weighted by atomic mass is 16.4. The normalized spacial score (nSPS) is 27.0. The fourth-order valence-electron chi connectivity index (χ4n) is 3.37. The Labute approximate surface area is 125 Å². The van der Waals surface area contributed by atoms with E-state index in [0.717, 1.165) is 32.1 Å². The Morgan fingerprint density at radius 2 is 1.86 bits per heavy atom. The van der Waals surface area contributed by atoms with Crippen molar-refractivity contribution >= 4 is 12.0 Å². The van der Waals surface area contributed by atoms with Crippen molar-refractivity contribution in [2.24, 2.45) is 5.92 Å². The molecule has 0 aromatic heterocycles. The van der Waals surface area contributed by atoms with E-state index in [1.54, 1.807) is 11.8 Å². The molecule has 2 atom stereocenters. The second kappa shape index (κ2) is 6.64. The topological polar surface area (TPSA) is 89.9 Å². The fourth-order valence-corrected chi connectivity index (χ4v) is 3.37. The molecule has 2 aliphatic rings. The SMILES string of the molecule is CC(O)C1CCN(C(=O)NC2(C(=O)O)CCCCCC2)C1. The standard InChI is InChI=1S/C15H26N2O4/c1-11(18)12-6-9-17(10-12)14(21)16-15(13(19)20)7-4-2-3-5-8-15/h11-12,18H,2-10H2,1H3,(H,16,21)(H,19,20). The molecule has 6 heteroatoms. The number of hydrogen-bond acceptors (Lipinski definition) is 3. The third-order valence-electron chi connectivity index (χ3n) is 4.91. The number of carboxylic acid groups (broad SMARTS) is 1. The summed E-state index contributed by atoms with van der Waals surface area (Å²) >= 11 is 0. The molecule has 1 aliphatic heterocycles. The summed E-state index contributed by atoms with van der Waals surface area (Å²) < 4.78 is 0. The lowest BCUT2D eigenvalue weighted by atomic mass is 9.90. The lowest BCUT2D eigenvalue weighted by molar-refractivity contribution is -0.145. The second-order valence-electron chi connectivity index (χ2n) is 6.47. The molecule has 1 saturated carbocycles. The van der Waals surface area contributed by atoms with Gasteiger partial charge in [0.2, 0.25) is 0 Å². The van der Waals surface area contributed by atoms with Crippen LogP contribution in [-0.4, -0.2) is 51.8 Å². The molecule has 2 rings (SSSR count). The quantitative estimate of drug-likeness (QED) is 0.690. The molecule has 3 N–H and O–H groups in total. The first kappa shape index (κ1) is 16.1. The number of urea groups is 1. The monoisotopic (exact) mass is 298 g/mol. The minimum atomic E-state index is -1.11. The van der Waals surface area contributed by atoms with Crippen LogP contribution in [0.4, 0.5) is 4.79 Å². The van der Waals surface area contributed by atoms with E-state index in [1.165, 1.54) is 0 Å². The summed E-state index contributed by atoms with van der Waals surface area (Å²) in [7, 11) is 0. The van der Waals surface area contributed by atoms with Crippen LogP contribution in [0.3, 0.4) is 0 Å². The van der Waals surface area contributed by atoms with Gasteiger partial charge in [-0.25, -0.2) is 9.59 Å². The number of aliphatic hydroxyl groups is 1. The Morgan fingerprint density at radius 1 is 1.24 bits per heavy atom. The molecule has 2 fully saturated rings. The number of carboxylic acids is 1. The van der Waals surface area contributed by atoms with Crippen LogP contribution in [0.25, 0.3) is 0 Å². The number of aliphatic carboxylic acids is 1. The summed E-state index contributed by atoms with van der Waals surface area (Å²) in [5.41, 5.74) is -1.11. The van der Waals surface area contributed by atoms with Gasteiger partial charge in [-0.2, -0.15) is 0 Å². The molecule has 0 radical (unpaired) electrons. The first-order valence-corrected chi connectivity index (χ1v) is 7.93. The average molecular weight is 298 g/mol. The number of hydrogen-bond donors (Lipinski definition) is 3. The van der Waals surface area contributed by atoms with E-state index in [9.17, 15) is 19.8 Å². The van der Waals surface area contributed by atoms with E-state index in [2.05, 4.69) is 5.32 Å². The summed E-state index contributed by atoms with van der Waals surface area (Å²) in [6.45, 7) is 2.81. The molecular weight excluding hydrogens is 272 g/mol. The van der Waals surface area contributed by atoms with Crippen LogP contribution in [0.15, 0.2) is 0 Å². The Hall–Kier alpha value is -1.30. The molecule has 120 valence electrons. The molecule has 1 saturated heterocycles. The number of rotatable bonds is 3. The van der Waals surface area contributed by atoms with Crippen LogP contribution < -0.4 is 5.32 Å². The van der Waals surface area contributed by atoms with Crippen LogP contribution >= 0.6 is 0 Å². The van der Waals surface area contributed by atoms with Gasteiger partial charge in [0, 0.05) is 19.0 Å². The van der Waals surface area contributed by atoms with Gasteiger partial charge in [-0.05, 0) is 26.2 Å². The molecule has 6 nitrogen and oxygen atoms in total. The van der Waals surface area contributed by atoms with Gasteiger partial charge in [-0.3, -0.25) is 0 Å². The summed E-state index contributed by atoms with van der Waals surface area (Å²) in [5.74, 6) is -0.838. The van der Waals surface area contributed by atoms with Gasteiger partial charge in [-0.1, -0.05) is 25.7 Å². The zero-order chi connectivity index (χ0) is 15.5. The van der Waals surface area contributed by atoms with Crippen molar-refractivity contribution in [2.75, 3.05) is 13.1 Å². The predicted molar refractivity (Wildman–Crippen MR) is 78.0 cm³/mol.